The Balaban J connectivity index is 2.14. The van der Waals surface area contributed by atoms with E-state index in [9.17, 15) is 0 Å². The smallest absolute Gasteiger partial charge is 0.161 e. The number of benzene rings is 1. The molecule has 1 aliphatic rings. The second-order valence-electron chi connectivity index (χ2n) is 5.19. The molecule has 2 aromatic rings. The Bertz CT molecular complexity index is 631. The molecular formula is C15H14BrClN2. The summed E-state index contributed by atoms with van der Waals surface area (Å²) < 4.78 is 0.852. The third kappa shape index (κ3) is 2.67. The summed E-state index contributed by atoms with van der Waals surface area (Å²) in [5, 5.41) is 0.506. The fraction of sp³-hybridized carbons (Fsp3) is 0.333. The van der Waals surface area contributed by atoms with Crippen LogP contribution in [0.5, 0.6) is 0 Å². The average Bonchev–Trinajstić information content (AvgIpc) is 3.15. The molecule has 3 rings (SSSR count). The van der Waals surface area contributed by atoms with Crippen molar-refractivity contribution < 1.29 is 0 Å². The van der Waals surface area contributed by atoms with E-state index in [0.717, 1.165) is 21.6 Å². The Morgan fingerprint density at radius 3 is 2.32 bits per heavy atom. The van der Waals surface area contributed by atoms with Crippen LogP contribution in [0.25, 0.3) is 11.4 Å². The lowest BCUT2D eigenvalue weighted by Crippen LogP contribution is -1.98. The quantitative estimate of drug-likeness (QED) is 0.716. The number of hydrogen-bond acceptors (Lipinski definition) is 2. The van der Waals surface area contributed by atoms with E-state index in [1.807, 2.05) is 0 Å². The first-order valence-corrected chi connectivity index (χ1v) is 7.53. The maximum atomic E-state index is 6.22. The SMILES string of the molecule is Cc1cc(C)cc(-c2nc(Cl)c(Br)c(C3CC3)n2)c1. The number of halogens is 2. The molecule has 1 aliphatic carbocycles. The van der Waals surface area contributed by atoms with Gasteiger partial charge in [0, 0.05) is 11.5 Å². The summed E-state index contributed by atoms with van der Waals surface area (Å²) in [6, 6.07) is 6.35. The lowest BCUT2D eigenvalue weighted by atomic mass is 10.1. The zero-order valence-corrected chi connectivity index (χ0v) is 13.2. The summed E-state index contributed by atoms with van der Waals surface area (Å²) in [7, 11) is 0. The lowest BCUT2D eigenvalue weighted by Gasteiger charge is -2.09. The largest absolute Gasteiger partial charge is 0.231 e. The van der Waals surface area contributed by atoms with Crippen LogP contribution in [0.15, 0.2) is 22.7 Å². The van der Waals surface area contributed by atoms with E-state index >= 15 is 0 Å². The fourth-order valence-electron chi connectivity index (χ4n) is 2.30. The van der Waals surface area contributed by atoms with Gasteiger partial charge in [-0.25, -0.2) is 9.97 Å². The molecule has 1 aromatic heterocycles. The highest BCUT2D eigenvalue weighted by molar-refractivity contribution is 9.10. The minimum Gasteiger partial charge on any atom is -0.231 e. The highest BCUT2D eigenvalue weighted by Crippen LogP contribution is 2.44. The van der Waals surface area contributed by atoms with Crippen LogP contribution in [0.3, 0.4) is 0 Å². The van der Waals surface area contributed by atoms with Gasteiger partial charge in [0.25, 0.3) is 0 Å². The Morgan fingerprint density at radius 1 is 1.11 bits per heavy atom. The summed E-state index contributed by atoms with van der Waals surface area (Å²) in [5.41, 5.74) is 4.51. The molecule has 0 bridgehead atoms. The van der Waals surface area contributed by atoms with Crippen LogP contribution in [0.1, 0.15) is 35.6 Å². The van der Waals surface area contributed by atoms with Crippen molar-refractivity contribution in [2.24, 2.45) is 0 Å². The van der Waals surface area contributed by atoms with Crippen LogP contribution in [0.4, 0.5) is 0 Å². The van der Waals surface area contributed by atoms with Gasteiger partial charge in [0.15, 0.2) is 5.82 Å². The second-order valence-corrected chi connectivity index (χ2v) is 6.34. The Kier molecular flexibility index (Phi) is 3.35. The third-order valence-electron chi connectivity index (χ3n) is 3.28. The highest BCUT2D eigenvalue weighted by atomic mass is 79.9. The molecule has 0 spiro atoms. The monoisotopic (exact) mass is 336 g/mol. The standard InChI is InChI=1S/C15H14BrClN2/c1-8-5-9(2)7-11(6-8)15-18-13(10-3-4-10)12(16)14(17)19-15/h5-7,10H,3-4H2,1-2H3. The zero-order chi connectivity index (χ0) is 13.6. The van der Waals surface area contributed by atoms with Crippen LogP contribution < -0.4 is 0 Å². The van der Waals surface area contributed by atoms with Gasteiger partial charge in [-0.15, -0.1) is 0 Å². The van der Waals surface area contributed by atoms with E-state index in [1.165, 1.54) is 24.0 Å². The molecule has 98 valence electrons. The van der Waals surface area contributed by atoms with Crippen molar-refractivity contribution in [3.8, 4) is 11.4 Å². The van der Waals surface area contributed by atoms with Crippen molar-refractivity contribution in [3.63, 3.8) is 0 Å². The molecule has 1 aromatic carbocycles. The van der Waals surface area contributed by atoms with Crippen molar-refractivity contribution >= 4 is 27.5 Å². The van der Waals surface area contributed by atoms with Gasteiger partial charge in [0.05, 0.1) is 10.2 Å². The van der Waals surface area contributed by atoms with Gasteiger partial charge >= 0.3 is 0 Å². The van der Waals surface area contributed by atoms with Crippen molar-refractivity contribution in [2.75, 3.05) is 0 Å². The maximum Gasteiger partial charge on any atom is 0.161 e. The number of rotatable bonds is 2. The molecule has 0 atom stereocenters. The number of aromatic nitrogens is 2. The molecule has 0 unspecified atom stereocenters. The first-order chi connectivity index (χ1) is 9.04. The van der Waals surface area contributed by atoms with Crippen LogP contribution in [-0.2, 0) is 0 Å². The van der Waals surface area contributed by atoms with Gasteiger partial charge in [-0.2, -0.15) is 0 Å². The number of hydrogen-bond donors (Lipinski definition) is 0. The summed E-state index contributed by atoms with van der Waals surface area (Å²) >= 11 is 9.72. The Morgan fingerprint density at radius 2 is 1.74 bits per heavy atom. The van der Waals surface area contributed by atoms with Crippen LogP contribution in [-0.4, -0.2) is 9.97 Å². The highest BCUT2D eigenvalue weighted by Gasteiger charge is 2.29. The summed E-state index contributed by atoms with van der Waals surface area (Å²) in [6.45, 7) is 4.16. The van der Waals surface area contributed by atoms with E-state index in [2.05, 4.69) is 53.0 Å². The third-order valence-corrected chi connectivity index (χ3v) is 4.56. The lowest BCUT2D eigenvalue weighted by molar-refractivity contribution is 0.979. The summed E-state index contributed by atoms with van der Waals surface area (Å²) in [5.74, 6) is 1.27. The Labute approximate surface area is 126 Å². The van der Waals surface area contributed by atoms with Gasteiger partial charge in [0.2, 0.25) is 0 Å². The molecular weight excluding hydrogens is 324 g/mol. The predicted molar refractivity (Wildman–Crippen MR) is 81.6 cm³/mol. The van der Waals surface area contributed by atoms with Crippen molar-refractivity contribution in [1.82, 2.24) is 9.97 Å². The normalized spacial score (nSPS) is 14.7. The van der Waals surface area contributed by atoms with Crippen LogP contribution in [0, 0.1) is 13.8 Å². The van der Waals surface area contributed by atoms with Gasteiger partial charge in [-0.3, -0.25) is 0 Å². The molecule has 0 aliphatic heterocycles. The van der Waals surface area contributed by atoms with Crippen molar-refractivity contribution in [3.05, 3.63) is 44.6 Å². The molecule has 1 fully saturated rings. The van der Waals surface area contributed by atoms with Crippen molar-refractivity contribution in [1.29, 1.82) is 0 Å². The molecule has 0 amide bonds. The van der Waals surface area contributed by atoms with Crippen molar-refractivity contribution in [2.45, 2.75) is 32.6 Å². The van der Waals surface area contributed by atoms with E-state index < -0.39 is 0 Å². The molecule has 1 saturated carbocycles. The first-order valence-electron chi connectivity index (χ1n) is 6.36. The van der Waals surface area contributed by atoms with E-state index in [-0.39, 0.29) is 0 Å². The second kappa shape index (κ2) is 4.88. The molecule has 1 heterocycles. The van der Waals surface area contributed by atoms with E-state index in [0.29, 0.717) is 11.1 Å². The van der Waals surface area contributed by atoms with Gasteiger partial charge in [-0.05, 0) is 54.8 Å². The van der Waals surface area contributed by atoms with Gasteiger partial charge in [0.1, 0.15) is 5.15 Å². The van der Waals surface area contributed by atoms with E-state index in [1.54, 1.807) is 0 Å². The van der Waals surface area contributed by atoms with Gasteiger partial charge < -0.3 is 0 Å². The average molecular weight is 338 g/mol. The minimum atomic E-state index is 0.506. The van der Waals surface area contributed by atoms with E-state index in [4.69, 9.17) is 16.6 Å². The number of nitrogens with zero attached hydrogens (tertiary/aromatic N) is 2. The molecule has 2 nitrogen and oxygen atoms in total. The molecule has 0 saturated heterocycles. The molecule has 0 N–H and O–H groups in total. The molecule has 4 heteroatoms. The topological polar surface area (TPSA) is 25.8 Å². The van der Waals surface area contributed by atoms with Crippen LogP contribution >= 0.6 is 27.5 Å². The minimum absolute atomic E-state index is 0.506. The molecule has 19 heavy (non-hydrogen) atoms. The predicted octanol–water partition coefficient (Wildman–Crippen LogP) is 5.05. The summed E-state index contributed by atoms with van der Waals surface area (Å²) in [4.78, 5) is 9.11. The molecule has 0 radical (unpaired) electrons. The maximum absolute atomic E-state index is 6.22. The summed E-state index contributed by atoms with van der Waals surface area (Å²) in [6.07, 6.45) is 2.39. The first kappa shape index (κ1) is 13.1. The number of aryl methyl sites for hydroxylation is 2. The van der Waals surface area contributed by atoms with Gasteiger partial charge in [-0.1, -0.05) is 28.8 Å². The Hall–Kier alpha value is -0.930. The van der Waals surface area contributed by atoms with Crippen LogP contribution in [0.2, 0.25) is 5.15 Å². The zero-order valence-electron chi connectivity index (χ0n) is 10.9. The fourth-order valence-corrected chi connectivity index (χ4v) is 2.97.